The van der Waals surface area contributed by atoms with Gasteiger partial charge in [-0.05, 0) is 102 Å². The van der Waals surface area contributed by atoms with Crippen molar-refractivity contribution in [2.24, 2.45) is 0 Å². The zero-order valence-corrected chi connectivity index (χ0v) is 65.7. The molecule has 0 saturated carbocycles. The van der Waals surface area contributed by atoms with E-state index in [9.17, 15) is 0 Å². The lowest BCUT2D eigenvalue weighted by Crippen LogP contribution is -2.29. The number of para-hydroxylation sites is 3. The molecular weight excluding hydrogens is 1510 g/mol. The van der Waals surface area contributed by atoms with Crippen LogP contribution in [0.5, 0.6) is 0 Å². The van der Waals surface area contributed by atoms with E-state index in [1.165, 1.54) is 35.8 Å². The van der Waals surface area contributed by atoms with Crippen LogP contribution in [0.1, 0.15) is 0 Å². The van der Waals surface area contributed by atoms with Crippen LogP contribution in [-0.2, 0) is 0 Å². The molecule has 9 heterocycles. The molecule has 25 aromatic rings. The summed E-state index contributed by atoms with van der Waals surface area (Å²) in [5.41, 5.74) is 21.3. The van der Waals surface area contributed by atoms with Gasteiger partial charge in [0.25, 0.3) is 0 Å². The number of hydrogen-bond donors (Lipinski definition) is 0. The summed E-state index contributed by atoms with van der Waals surface area (Å²) in [7, 11) is 0. The zero-order valence-electron chi connectivity index (χ0n) is 64.1. The van der Waals surface area contributed by atoms with Crippen molar-refractivity contribution in [3.05, 3.63) is 389 Å². The smallest absolute Gasteiger partial charge is 0.212 e. The molecule has 0 radical (unpaired) electrons. The number of thiophene rings is 2. The minimum atomic E-state index is 0.624. The molecule has 0 saturated heterocycles. The van der Waals surface area contributed by atoms with Gasteiger partial charge in [-0.25, -0.2) is 29.9 Å². The van der Waals surface area contributed by atoms with Gasteiger partial charge in [0.05, 0.1) is 38.2 Å². The average Bonchev–Trinajstić information content (AvgIpc) is 1.55. The monoisotopic (exact) mass is 1570 g/mol. The normalized spacial score (nSPS) is 11.8. The highest BCUT2D eigenvalue weighted by Gasteiger charge is 2.28. The maximum atomic E-state index is 6.75. The number of hydrogen-bond acceptors (Lipinski definition) is 10. The summed E-state index contributed by atoms with van der Waals surface area (Å²) < 4.78 is 25.3. The number of furan rings is 2. The van der Waals surface area contributed by atoms with Crippen LogP contribution in [0.4, 0.5) is 0 Å². The van der Waals surface area contributed by atoms with Crippen molar-refractivity contribution in [3.63, 3.8) is 0 Å². The van der Waals surface area contributed by atoms with Crippen molar-refractivity contribution in [1.29, 1.82) is 0 Å². The molecule has 25 rings (SSSR count). The molecule has 0 fully saturated rings. The molecule has 16 aromatic carbocycles. The van der Waals surface area contributed by atoms with Gasteiger partial charge in [-0.1, -0.05) is 273 Å². The highest BCUT2D eigenvalue weighted by atomic mass is 32.1. The summed E-state index contributed by atoms with van der Waals surface area (Å²) in [6, 6.07) is 132. The first kappa shape index (κ1) is 68.7. The molecule has 560 valence electrons. The predicted octanol–water partition coefficient (Wildman–Crippen LogP) is 28.1. The number of pyridine rings is 1. The summed E-state index contributed by atoms with van der Waals surface area (Å²) >= 11 is 3.61. The Labute approximate surface area is 694 Å². The average molecular weight is 1570 g/mol. The topological polar surface area (TPSA) is 117 Å². The number of rotatable bonds is 11. The Balaban J connectivity index is 0.000000137. The van der Waals surface area contributed by atoms with E-state index in [1.807, 2.05) is 127 Å². The van der Waals surface area contributed by atoms with Gasteiger partial charge >= 0.3 is 0 Å². The van der Waals surface area contributed by atoms with E-state index in [1.54, 1.807) is 11.3 Å². The largest absolute Gasteiger partial charge is 0.455 e. The predicted molar refractivity (Wildman–Crippen MR) is 494 cm³/mol. The fourth-order valence-electron chi connectivity index (χ4n) is 17.6. The standard InChI is InChI=1S/C57H34N4OS.C50H30N5OS/c1-4-15-35(16-5-1)38-27-28-45-49(32-38)61(48-30-29-44-42-23-10-12-25-50(42)62-53(44)52(45)48)41-33-46(54-47(34-41)43-24-11-13-26-51(43)63-54)39-21-14-22-40(31-39)57-59-55(36-17-6-2-7-18-36)58-56(60-57)37-19-8-3-9-20-37;1-4-14-31(15-5-1)48-51-49(32-16-6-2-7-17-32)53-50(52-48)39-29-34(28-38-36-21-11-13-23-44(36)57-47(38)39)54-27-26-41-40(30-54)45-42(55(41)33-18-8-3-9-19-33)25-24-37-35-20-10-12-22-43(35)56-46(37)45/h1-34H;1-30H/q;+1. The molecule has 0 unspecified atom stereocenters. The first-order chi connectivity index (χ1) is 59.5. The minimum Gasteiger partial charge on any atom is -0.455 e. The Morgan fingerprint density at radius 3 is 1.22 bits per heavy atom. The van der Waals surface area contributed by atoms with Gasteiger partial charge in [-0.2, -0.15) is 4.57 Å². The molecule has 0 N–H and O–H groups in total. The summed E-state index contributed by atoms with van der Waals surface area (Å²) in [6.45, 7) is 0. The van der Waals surface area contributed by atoms with Gasteiger partial charge < -0.3 is 18.0 Å². The quantitative estimate of drug-likeness (QED) is 0.118. The van der Waals surface area contributed by atoms with Gasteiger partial charge in [-0.15, -0.1) is 22.7 Å². The molecule has 0 bridgehead atoms. The van der Waals surface area contributed by atoms with Crippen molar-refractivity contribution >= 4 is 151 Å². The van der Waals surface area contributed by atoms with Crippen molar-refractivity contribution in [3.8, 4) is 108 Å². The Hall–Kier alpha value is -15.7. The van der Waals surface area contributed by atoms with Crippen molar-refractivity contribution in [2.75, 3.05) is 0 Å². The molecule has 13 heteroatoms. The van der Waals surface area contributed by atoms with Gasteiger partial charge in [0.2, 0.25) is 5.69 Å². The maximum Gasteiger partial charge on any atom is 0.212 e. The summed E-state index contributed by atoms with van der Waals surface area (Å²) in [4.78, 5) is 30.6. The van der Waals surface area contributed by atoms with Crippen LogP contribution in [-0.4, -0.2) is 39.0 Å². The van der Waals surface area contributed by atoms with Gasteiger partial charge in [-0.3, -0.25) is 0 Å². The second-order valence-corrected chi connectivity index (χ2v) is 32.3. The second-order valence-electron chi connectivity index (χ2n) is 30.2. The number of benzene rings is 16. The number of aromatic nitrogens is 9. The molecule has 0 amide bonds. The Morgan fingerprint density at radius 1 is 0.242 bits per heavy atom. The summed E-state index contributed by atoms with van der Waals surface area (Å²) in [6.07, 6.45) is 4.41. The first-order valence-electron chi connectivity index (χ1n) is 40.0. The molecule has 0 aliphatic rings. The molecule has 120 heavy (non-hydrogen) atoms. The molecular formula is C107H64N9O2S2+. The van der Waals surface area contributed by atoms with Gasteiger partial charge in [0.15, 0.2) is 47.3 Å². The van der Waals surface area contributed by atoms with Crippen LogP contribution < -0.4 is 4.57 Å². The Kier molecular flexibility index (Phi) is 16.1. The molecule has 11 nitrogen and oxygen atoms in total. The van der Waals surface area contributed by atoms with Crippen LogP contribution in [0.3, 0.4) is 0 Å². The van der Waals surface area contributed by atoms with Crippen LogP contribution in [0.15, 0.2) is 397 Å². The third-order valence-corrected chi connectivity index (χ3v) is 25.6. The van der Waals surface area contributed by atoms with Crippen LogP contribution >= 0.6 is 22.7 Å². The first-order valence-corrected chi connectivity index (χ1v) is 41.7. The Bertz CT molecular complexity index is 8290. The van der Waals surface area contributed by atoms with Crippen LogP contribution in [0.2, 0.25) is 0 Å². The lowest BCUT2D eigenvalue weighted by atomic mass is 9.99. The van der Waals surface area contributed by atoms with E-state index < -0.39 is 0 Å². The fourth-order valence-corrected chi connectivity index (χ4v) is 20.0. The van der Waals surface area contributed by atoms with E-state index in [0.717, 1.165) is 165 Å². The number of fused-ring (bicyclic) bond motifs is 20. The second kappa shape index (κ2) is 28.1. The highest BCUT2D eigenvalue weighted by Crippen LogP contribution is 2.49. The molecule has 0 atom stereocenters. The molecule has 0 spiro atoms. The van der Waals surface area contributed by atoms with Crippen LogP contribution in [0.25, 0.3) is 235 Å². The summed E-state index contributed by atoms with van der Waals surface area (Å²) in [5, 5.41) is 13.7. The van der Waals surface area contributed by atoms with Gasteiger partial charge in [0.1, 0.15) is 22.3 Å². The molecule has 9 aromatic heterocycles. The van der Waals surface area contributed by atoms with E-state index >= 15 is 0 Å². The van der Waals surface area contributed by atoms with E-state index in [0.29, 0.717) is 34.9 Å². The van der Waals surface area contributed by atoms with Crippen molar-refractivity contribution in [2.45, 2.75) is 0 Å². The van der Waals surface area contributed by atoms with Crippen LogP contribution in [0, 0.1) is 0 Å². The van der Waals surface area contributed by atoms with Crippen molar-refractivity contribution < 1.29 is 13.4 Å². The lowest BCUT2D eigenvalue weighted by Gasteiger charge is -2.14. The number of nitrogens with zero attached hydrogens (tertiary/aromatic N) is 9. The van der Waals surface area contributed by atoms with E-state index in [2.05, 4.69) is 287 Å². The Morgan fingerprint density at radius 2 is 0.667 bits per heavy atom. The fraction of sp³-hybridized carbons (Fsp3) is 0. The van der Waals surface area contributed by atoms with E-state index in [4.69, 9.17) is 38.7 Å². The third kappa shape index (κ3) is 11.5. The van der Waals surface area contributed by atoms with E-state index in [-0.39, 0.29) is 0 Å². The SMILES string of the molecule is c1ccc(-c2ccc3c4c5oc6ccccc6c5ccc4n(-c4cc(-c5cccc(-c6nc(-c7ccccc7)nc(-c7ccccc7)n6)c5)c5sc6ccccc6c5c4)c3c2)cc1.c1ccc(-c2nc(-c3ccccc3)nc(-c3cc(-[n+]4ccc5c(c4)c4c6oc7ccccc7c6ccc4n5-c4ccccc4)cc4c3sc3ccccc34)n2)cc1. The van der Waals surface area contributed by atoms with Gasteiger partial charge in [0, 0.05) is 136 Å². The minimum absolute atomic E-state index is 0.624. The van der Waals surface area contributed by atoms with Crippen molar-refractivity contribution in [1.82, 2.24) is 39.0 Å². The molecule has 0 aliphatic heterocycles. The lowest BCUT2D eigenvalue weighted by molar-refractivity contribution is -0.594. The summed E-state index contributed by atoms with van der Waals surface area (Å²) in [5.74, 6) is 3.80. The molecule has 0 aliphatic carbocycles. The highest BCUT2D eigenvalue weighted by molar-refractivity contribution is 7.26. The zero-order chi connectivity index (χ0) is 78.9. The maximum absolute atomic E-state index is 6.75. The third-order valence-electron chi connectivity index (χ3n) is 23.2.